The average Bonchev–Trinajstić information content (AvgIpc) is 3.26. The largest absolute Gasteiger partial charge is 0.372 e. The molecule has 1 aromatic heterocycles. The lowest BCUT2D eigenvalue weighted by molar-refractivity contribution is 0.130. The zero-order chi connectivity index (χ0) is 14.0. The fourth-order valence-electron chi connectivity index (χ4n) is 4.44. The van der Waals surface area contributed by atoms with Gasteiger partial charge in [-0.15, -0.1) is 0 Å². The van der Waals surface area contributed by atoms with Crippen LogP contribution in [0.1, 0.15) is 35.7 Å². The number of epoxide rings is 1. The van der Waals surface area contributed by atoms with Gasteiger partial charge in [0.15, 0.2) is 0 Å². The summed E-state index contributed by atoms with van der Waals surface area (Å²) in [6.07, 6.45) is 4.41. The Morgan fingerprint density at radius 1 is 1.29 bits per heavy atom. The Morgan fingerprint density at radius 2 is 2.19 bits per heavy atom. The van der Waals surface area contributed by atoms with Crippen molar-refractivity contribution in [3.05, 3.63) is 35.0 Å². The summed E-state index contributed by atoms with van der Waals surface area (Å²) >= 11 is 0. The van der Waals surface area contributed by atoms with Gasteiger partial charge in [0.1, 0.15) is 0 Å². The number of aromatic nitrogens is 1. The van der Waals surface area contributed by atoms with Crippen molar-refractivity contribution in [2.24, 2.45) is 0 Å². The third kappa shape index (κ3) is 1.80. The molecule has 2 unspecified atom stereocenters. The van der Waals surface area contributed by atoms with Crippen LogP contribution in [-0.4, -0.2) is 35.3 Å². The number of hydrogen-bond acceptors (Lipinski definition) is 2. The monoisotopic (exact) mass is 282 g/mol. The first-order chi connectivity index (χ1) is 10.3. The van der Waals surface area contributed by atoms with Gasteiger partial charge in [-0.05, 0) is 43.9 Å². The summed E-state index contributed by atoms with van der Waals surface area (Å²) in [5.41, 5.74) is 6.09. The van der Waals surface area contributed by atoms with E-state index in [1.807, 2.05) is 0 Å². The molecule has 2 aromatic rings. The number of rotatable bonds is 2. The maximum absolute atomic E-state index is 5.47. The highest BCUT2D eigenvalue weighted by molar-refractivity contribution is 5.87. The zero-order valence-electron chi connectivity index (χ0n) is 12.6. The van der Waals surface area contributed by atoms with E-state index in [2.05, 4.69) is 34.6 Å². The van der Waals surface area contributed by atoms with Crippen LogP contribution < -0.4 is 0 Å². The molecule has 110 valence electrons. The molecule has 1 aliphatic carbocycles. The van der Waals surface area contributed by atoms with Crippen LogP contribution in [0.15, 0.2) is 18.2 Å². The molecule has 2 atom stereocenters. The summed E-state index contributed by atoms with van der Waals surface area (Å²) in [7, 11) is 0. The second kappa shape index (κ2) is 4.34. The highest BCUT2D eigenvalue weighted by Gasteiger charge is 2.37. The first-order valence-corrected chi connectivity index (χ1v) is 8.28. The van der Waals surface area contributed by atoms with Crippen molar-refractivity contribution in [1.29, 1.82) is 0 Å². The maximum atomic E-state index is 5.47. The summed E-state index contributed by atoms with van der Waals surface area (Å²) in [4.78, 5) is 2.68. The molecule has 3 nitrogen and oxygen atoms in total. The van der Waals surface area contributed by atoms with Crippen molar-refractivity contribution in [3.63, 3.8) is 0 Å². The number of ether oxygens (including phenoxy) is 1. The van der Waals surface area contributed by atoms with Gasteiger partial charge in [0, 0.05) is 36.2 Å². The van der Waals surface area contributed by atoms with E-state index in [0.29, 0.717) is 12.1 Å². The molecule has 1 saturated heterocycles. The maximum Gasteiger partial charge on any atom is 0.0936 e. The molecule has 3 aliphatic rings. The van der Waals surface area contributed by atoms with Crippen LogP contribution in [0.3, 0.4) is 0 Å². The highest BCUT2D eigenvalue weighted by atomic mass is 16.6. The van der Waals surface area contributed by atoms with E-state index in [-0.39, 0.29) is 0 Å². The molecule has 0 bridgehead atoms. The number of benzene rings is 1. The lowest BCUT2D eigenvalue weighted by Crippen LogP contribution is -2.41. The Kier molecular flexibility index (Phi) is 2.53. The topological polar surface area (TPSA) is 20.7 Å². The SMILES string of the molecule is Cc1ccc2c(c1)c1c3n2CCN(CC2CO2)C3CCC1. The van der Waals surface area contributed by atoms with Crippen molar-refractivity contribution in [2.75, 3.05) is 19.7 Å². The van der Waals surface area contributed by atoms with Crippen LogP contribution in [0, 0.1) is 6.92 Å². The Morgan fingerprint density at radius 3 is 3.05 bits per heavy atom. The van der Waals surface area contributed by atoms with Gasteiger partial charge in [-0.1, -0.05) is 11.6 Å². The quantitative estimate of drug-likeness (QED) is 0.789. The molecule has 0 amide bonds. The van der Waals surface area contributed by atoms with Gasteiger partial charge in [-0.2, -0.15) is 0 Å². The highest BCUT2D eigenvalue weighted by Crippen LogP contribution is 2.43. The Bertz CT molecular complexity index is 714. The van der Waals surface area contributed by atoms with E-state index in [0.717, 1.165) is 19.7 Å². The van der Waals surface area contributed by atoms with Crippen LogP contribution in [0.25, 0.3) is 10.9 Å². The van der Waals surface area contributed by atoms with Gasteiger partial charge in [0.05, 0.1) is 18.8 Å². The fraction of sp³-hybridized carbons (Fsp3) is 0.556. The number of nitrogens with zero attached hydrogens (tertiary/aromatic N) is 2. The standard InChI is InChI=1S/C18H22N2O/c1-12-5-6-16-15(9-12)14-3-2-4-17-18(14)20(16)8-7-19(17)10-13-11-21-13/h5-6,9,13,17H,2-4,7-8,10-11H2,1H3. The Hall–Kier alpha value is -1.32. The first kappa shape index (κ1) is 12.2. The third-order valence-corrected chi connectivity index (χ3v) is 5.48. The van der Waals surface area contributed by atoms with Gasteiger partial charge in [0.25, 0.3) is 0 Å². The van der Waals surface area contributed by atoms with Gasteiger partial charge in [-0.3, -0.25) is 4.90 Å². The minimum Gasteiger partial charge on any atom is -0.372 e. The molecule has 0 spiro atoms. The zero-order valence-corrected chi connectivity index (χ0v) is 12.6. The predicted octanol–water partition coefficient (Wildman–Crippen LogP) is 3.04. The predicted molar refractivity (Wildman–Crippen MR) is 83.7 cm³/mol. The van der Waals surface area contributed by atoms with E-state index in [4.69, 9.17) is 4.74 Å². The molecule has 3 heteroatoms. The number of fused-ring (bicyclic) bond motifs is 3. The summed E-state index contributed by atoms with van der Waals surface area (Å²) in [6.45, 7) is 6.62. The van der Waals surface area contributed by atoms with Gasteiger partial charge in [0.2, 0.25) is 0 Å². The molecule has 1 fully saturated rings. The minimum absolute atomic E-state index is 0.508. The molecule has 0 N–H and O–H groups in total. The average molecular weight is 282 g/mol. The van der Waals surface area contributed by atoms with Crippen LogP contribution in [-0.2, 0) is 17.7 Å². The lowest BCUT2D eigenvalue weighted by atomic mass is 9.89. The minimum atomic E-state index is 0.508. The molecule has 1 aromatic carbocycles. The molecule has 0 radical (unpaired) electrons. The van der Waals surface area contributed by atoms with E-state index in [9.17, 15) is 0 Å². The molecular weight excluding hydrogens is 260 g/mol. The van der Waals surface area contributed by atoms with Crippen LogP contribution >= 0.6 is 0 Å². The molecule has 21 heavy (non-hydrogen) atoms. The third-order valence-electron chi connectivity index (χ3n) is 5.48. The van der Waals surface area contributed by atoms with Crippen molar-refractivity contribution in [1.82, 2.24) is 9.47 Å². The summed E-state index contributed by atoms with van der Waals surface area (Å²) < 4.78 is 8.08. The smallest absolute Gasteiger partial charge is 0.0936 e. The van der Waals surface area contributed by atoms with Gasteiger partial charge < -0.3 is 9.30 Å². The summed E-state index contributed by atoms with van der Waals surface area (Å²) in [5.74, 6) is 0. The van der Waals surface area contributed by atoms with Crippen molar-refractivity contribution < 1.29 is 4.74 Å². The van der Waals surface area contributed by atoms with Crippen LogP contribution in [0.4, 0.5) is 0 Å². The Balaban J connectivity index is 1.67. The van der Waals surface area contributed by atoms with Crippen LogP contribution in [0.5, 0.6) is 0 Å². The van der Waals surface area contributed by atoms with Crippen molar-refractivity contribution in [3.8, 4) is 0 Å². The van der Waals surface area contributed by atoms with Gasteiger partial charge >= 0.3 is 0 Å². The summed E-state index contributed by atoms with van der Waals surface area (Å²) in [6, 6.07) is 7.61. The molecule has 5 rings (SSSR count). The molecule has 3 heterocycles. The van der Waals surface area contributed by atoms with E-state index in [1.165, 1.54) is 42.3 Å². The number of hydrogen-bond donors (Lipinski definition) is 0. The molecular formula is C18H22N2O. The second-order valence-corrected chi connectivity index (χ2v) is 6.89. The van der Waals surface area contributed by atoms with Crippen LogP contribution in [0.2, 0.25) is 0 Å². The normalized spacial score (nSPS) is 27.9. The molecule has 2 aliphatic heterocycles. The van der Waals surface area contributed by atoms with E-state index < -0.39 is 0 Å². The first-order valence-electron chi connectivity index (χ1n) is 8.28. The number of aryl methyl sites for hydroxylation is 2. The van der Waals surface area contributed by atoms with E-state index >= 15 is 0 Å². The lowest BCUT2D eigenvalue weighted by Gasteiger charge is -2.39. The van der Waals surface area contributed by atoms with Gasteiger partial charge in [-0.25, -0.2) is 0 Å². The van der Waals surface area contributed by atoms with Crippen molar-refractivity contribution in [2.45, 2.75) is 44.9 Å². The summed E-state index contributed by atoms with van der Waals surface area (Å²) in [5, 5.41) is 1.51. The Labute approximate surface area is 125 Å². The molecule has 0 saturated carbocycles. The fourth-order valence-corrected chi connectivity index (χ4v) is 4.44. The van der Waals surface area contributed by atoms with E-state index in [1.54, 1.807) is 11.3 Å². The second-order valence-electron chi connectivity index (χ2n) is 6.89. The van der Waals surface area contributed by atoms with Crippen molar-refractivity contribution >= 4 is 10.9 Å².